The SMILES string of the molecule is CCN1C(=O)[C@]2(c3ccccc31)[C@@H](C(=O)N1CCOC1=O)[C@H](c1ccccc1)[C@H]1CCCN12. The number of imide groups is 1. The van der Waals surface area contributed by atoms with Gasteiger partial charge in [-0.3, -0.25) is 14.5 Å². The summed E-state index contributed by atoms with van der Waals surface area (Å²) in [5.74, 6) is -1.26. The normalized spacial score (nSPS) is 30.8. The lowest BCUT2D eigenvalue weighted by atomic mass is 9.71. The van der Waals surface area contributed by atoms with Crippen LogP contribution in [0.5, 0.6) is 0 Å². The second-order valence-corrected chi connectivity index (χ2v) is 9.25. The number of amides is 3. The number of likely N-dealkylation sites (N-methyl/N-ethyl adjacent to an activating group) is 1. The maximum Gasteiger partial charge on any atom is 0.416 e. The summed E-state index contributed by atoms with van der Waals surface area (Å²) >= 11 is 0. The minimum atomic E-state index is -1.12. The Morgan fingerprint density at radius 1 is 1.06 bits per heavy atom. The van der Waals surface area contributed by atoms with Crippen LogP contribution in [0.1, 0.15) is 36.8 Å². The van der Waals surface area contributed by atoms with Gasteiger partial charge >= 0.3 is 6.09 Å². The Labute approximate surface area is 192 Å². The van der Waals surface area contributed by atoms with Gasteiger partial charge in [-0.15, -0.1) is 0 Å². The predicted octanol–water partition coefficient (Wildman–Crippen LogP) is 3.11. The molecule has 0 saturated carbocycles. The molecule has 4 aliphatic heterocycles. The van der Waals surface area contributed by atoms with Crippen LogP contribution < -0.4 is 4.90 Å². The lowest BCUT2D eigenvalue weighted by molar-refractivity contribution is -0.143. The van der Waals surface area contributed by atoms with Crippen LogP contribution in [0.4, 0.5) is 10.5 Å². The largest absolute Gasteiger partial charge is 0.447 e. The summed E-state index contributed by atoms with van der Waals surface area (Å²) < 4.78 is 5.13. The molecule has 0 aliphatic carbocycles. The summed E-state index contributed by atoms with van der Waals surface area (Å²) in [4.78, 5) is 46.4. The minimum absolute atomic E-state index is 0.0498. The van der Waals surface area contributed by atoms with Gasteiger partial charge in [0.1, 0.15) is 12.1 Å². The molecule has 33 heavy (non-hydrogen) atoms. The molecule has 4 heterocycles. The number of rotatable bonds is 3. The highest BCUT2D eigenvalue weighted by Gasteiger charge is 2.71. The number of ether oxygens (including phenoxy) is 1. The topological polar surface area (TPSA) is 70.2 Å². The number of anilines is 1. The number of carbonyl (C=O) groups excluding carboxylic acids is 3. The van der Waals surface area contributed by atoms with Crippen LogP contribution in [0.25, 0.3) is 0 Å². The fourth-order valence-corrected chi connectivity index (χ4v) is 6.80. The number of hydrogen-bond acceptors (Lipinski definition) is 5. The number of benzene rings is 2. The average molecular weight is 446 g/mol. The third-order valence-electron chi connectivity index (χ3n) is 7.95. The van der Waals surface area contributed by atoms with Gasteiger partial charge in [-0.2, -0.15) is 0 Å². The fraction of sp³-hybridized carbons (Fsp3) is 0.423. The van der Waals surface area contributed by atoms with E-state index in [-0.39, 0.29) is 36.9 Å². The van der Waals surface area contributed by atoms with Crippen molar-refractivity contribution in [1.82, 2.24) is 9.80 Å². The van der Waals surface area contributed by atoms with Gasteiger partial charge in [-0.1, -0.05) is 48.5 Å². The Hall–Kier alpha value is -3.19. The molecule has 3 saturated heterocycles. The Bertz CT molecular complexity index is 1140. The molecule has 6 rings (SSSR count). The fourth-order valence-electron chi connectivity index (χ4n) is 6.80. The van der Waals surface area contributed by atoms with Crippen molar-refractivity contribution < 1.29 is 19.1 Å². The Morgan fingerprint density at radius 3 is 2.55 bits per heavy atom. The van der Waals surface area contributed by atoms with Crippen molar-refractivity contribution in [2.24, 2.45) is 5.92 Å². The van der Waals surface area contributed by atoms with E-state index in [0.717, 1.165) is 36.2 Å². The molecule has 2 aromatic rings. The van der Waals surface area contributed by atoms with Crippen LogP contribution in [0, 0.1) is 5.92 Å². The van der Waals surface area contributed by atoms with Crippen LogP contribution in [-0.4, -0.2) is 60.0 Å². The van der Waals surface area contributed by atoms with Crippen molar-refractivity contribution in [3.8, 4) is 0 Å². The highest BCUT2D eigenvalue weighted by atomic mass is 16.6. The lowest BCUT2D eigenvalue weighted by Gasteiger charge is -2.38. The number of para-hydroxylation sites is 1. The van der Waals surface area contributed by atoms with E-state index in [9.17, 15) is 14.4 Å². The maximum atomic E-state index is 14.3. The molecule has 0 aromatic heterocycles. The molecule has 2 aromatic carbocycles. The number of nitrogens with zero attached hydrogens (tertiary/aromatic N) is 3. The summed E-state index contributed by atoms with van der Waals surface area (Å²) in [6, 6.07) is 17.9. The summed E-state index contributed by atoms with van der Waals surface area (Å²) in [5.41, 5.74) is 1.67. The van der Waals surface area contributed by atoms with Crippen LogP contribution in [-0.2, 0) is 19.9 Å². The van der Waals surface area contributed by atoms with Crippen molar-refractivity contribution in [2.45, 2.75) is 37.3 Å². The quantitative estimate of drug-likeness (QED) is 0.726. The molecule has 0 bridgehead atoms. The first-order valence-corrected chi connectivity index (χ1v) is 11.8. The van der Waals surface area contributed by atoms with E-state index in [2.05, 4.69) is 4.90 Å². The zero-order valence-electron chi connectivity index (χ0n) is 18.6. The summed E-state index contributed by atoms with van der Waals surface area (Å²) in [6.45, 7) is 3.66. The van der Waals surface area contributed by atoms with E-state index in [0.29, 0.717) is 6.54 Å². The number of hydrogen-bond donors (Lipinski definition) is 0. The van der Waals surface area contributed by atoms with Crippen molar-refractivity contribution >= 4 is 23.6 Å². The third kappa shape index (κ3) is 2.57. The van der Waals surface area contributed by atoms with E-state index in [1.54, 1.807) is 4.90 Å². The molecule has 7 heteroatoms. The molecule has 1 spiro atoms. The second-order valence-electron chi connectivity index (χ2n) is 9.25. The minimum Gasteiger partial charge on any atom is -0.447 e. The average Bonchev–Trinajstić information content (AvgIpc) is 3.58. The third-order valence-corrected chi connectivity index (χ3v) is 7.95. The molecule has 3 fully saturated rings. The smallest absolute Gasteiger partial charge is 0.416 e. The number of cyclic esters (lactones) is 1. The molecule has 0 N–H and O–H groups in total. The van der Waals surface area contributed by atoms with E-state index in [1.807, 2.05) is 61.5 Å². The molecular formula is C26H27N3O4. The predicted molar refractivity (Wildman–Crippen MR) is 122 cm³/mol. The Morgan fingerprint density at radius 2 is 1.82 bits per heavy atom. The van der Waals surface area contributed by atoms with Crippen LogP contribution in [0.2, 0.25) is 0 Å². The van der Waals surface area contributed by atoms with Gasteiger partial charge < -0.3 is 9.64 Å². The van der Waals surface area contributed by atoms with Crippen molar-refractivity contribution in [1.29, 1.82) is 0 Å². The Balaban J connectivity index is 1.61. The molecule has 3 amide bonds. The van der Waals surface area contributed by atoms with Gasteiger partial charge in [-0.05, 0) is 37.9 Å². The zero-order chi connectivity index (χ0) is 22.7. The number of carbonyl (C=O) groups is 3. The van der Waals surface area contributed by atoms with Gasteiger partial charge in [0.15, 0.2) is 0 Å². The molecule has 4 aliphatic rings. The standard InChI is InChI=1S/C26H27N3O4/c1-2-27-19-12-7-6-11-18(19)26(24(27)31)22(23(30)28-15-16-33-25(28)32)21(17-9-4-3-5-10-17)20-13-8-14-29(20)26/h3-7,9-12,20-22H,2,8,13-16H2,1H3/t20-,21-,22-,26+/m1/s1. The monoisotopic (exact) mass is 445 g/mol. The first-order valence-electron chi connectivity index (χ1n) is 11.8. The van der Waals surface area contributed by atoms with E-state index < -0.39 is 17.6 Å². The van der Waals surface area contributed by atoms with Crippen molar-refractivity contribution in [3.05, 3.63) is 65.7 Å². The summed E-state index contributed by atoms with van der Waals surface area (Å²) in [7, 11) is 0. The molecule has 7 nitrogen and oxygen atoms in total. The highest BCUT2D eigenvalue weighted by molar-refractivity contribution is 6.12. The second kappa shape index (κ2) is 7.42. The van der Waals surface area contributed by atoms with Gasteiger partial charge in [0.25, 0.3) is 5.91 Å². The summed E-state index contributed by atoms with van der Waals surface area (Å²) in [6.07, 6.45) is 1.28. The first-order chi connectivity index (χ1) is 16.1. The molecule has 0 unspecified atom stereocenters. The van der Waals surface area contributed by atoms with Gasteiger partial charge in [-0.25, -0.2) is 9.69 Å². The van der Waals surface area contributed by atoms with E-state index >= 15 is 0 Å². The van der Waals surface area contributed by atoms with Gasteiger partial charge in [0.2, 0.25) is 5.91 Å². The van der Waals surface area contributed by atoms with Crippen LogP contribution in [0.3, 0.4) is 0 Å². The Kier molecular flexibility index (Phi) is 4.59. The van der Waals surface area contributed by atoms with Crippen molar-refractivity contribution in [3.63, 3.8) is 0 Å². The molecule has 170 valence electrons. The van der Waals surface area contributed by atoms with Crippen molar-refractivity contribution in [2.75, 3.05) is 31.1 Å². The molecule has 0 radical (unpaired) electrons. The van der Waals surface area contributed by atoms with Gasteiger partial charge in [0, 0.05) is 29.8 Å². The molecule has 4 atom stereocenters. The van der Waals surface area contributed by atoms with E-state index in [1.165, 1.54) is 4.90 Å². The van der Waals surface area contributed by atoms with Crippen LogP contribution in [0.15, 0.2) is 54.6 Å². The lowest BCUT2D eigenvalue weighted by Crippen LogP contribution is -2.57. The summed E-state index contributed by atoms with van der Waals surface area (Å²) in [5, 5.41) is 0. The highest BCUT2D eigenvalue weighted by Crippen LogP contribution is 2.62. The first kappa shape index (κ1) is 20.4. The maximum absolute atomic E-state index is 14.3. The molecular weight excluding hydrogens is 418 g/mol. The number of fused-ring (bicyclic) bond motifs is 4. The van der Waals surface area contributed by atoms with Gasteiger partial charge in [0.05, 0.1) is 12.5 Å². The van der Waals surface area contributed by atoms with Crippen LogP contribution >= 0.6 is 0 Å². The van der Waals surface area contributed by atoms with E-state index in [4.69, 9.17) is 4.74 Å². The zero-order valence-corrected chi connectivity index (χ0v) is 18.6.